The van der Waals surface area contributed by atoms with Crippen molar-refractivity contribution in [3.8, 4) is 28.4 Å². The molecule has 0 saturated carbocycles. The average Bonchev–Trinajstić information content (AvgIpc) is 3.65. The zero-order valence-electron chi connectivity index (χ0n) is 16.6. The number of nitrogens with zero attached hydrogens (tertiary/aromatic N) is 2. The highest BCUT2D eigenvalue weighted by molar-refractivity contribution is 5.60. The second-order valence-electron chi connectivity index (χ2n) is 7.61. The first kappa shape index (κ1) is 18.2. The van der Waals surface area contributed by atoms with Crippen molar-refractivity contribution in [1.29, 1.82) is 0 Å². The number of hydrogen-bond acceptors (Lipinski definition) is 5. The Morgan fingerprint density at radius 3 is 2.17 bits per heavy atom. The predicted octanol–water partition coefficient (Wildman–Crippen LogP) is 3.71. The molecule has 2 unspecified atom stereocenters. The average molecular weight is 392 g/mol. The molecule has 2 aliphatic rings. The quantitative estimate of drug-likeness (QED) is 0.547. The van der Waals surface area contributed by atoms with Crippen molar-refractivity contribution in [2.24, 2.45) is 0 Å². The Balaban J connectivity index is 1.31. The number of aryl methyl sites for hydroxylation is 2. The van der Waals surface area contributed by atoms with Crippen LogP contribution in [0.3, 0.4) is 0 Å². The minimum Gasteiger partial charge on any atom is -0.491 e. The first-order valence-corrected chi connectivity index (χ1v) is 9.92. The summed E-state index contributed by atoms with van der Waals surface area (Å²) in [5, 5.41) is 4.76. The fraction of sp³-hybridized carbons (Fsp3) is 0.348. The van der Waals surface area contributed by atoms with Crippen LogP contribution in [0.1, 0.15) is 11.1 Å². The molecule has 1 aromatic heterocycles. The fourth-order valence-electron chi connectivity index (χ4n) is 3.32. The third-order valence-electron chi connectivity index (χ3n) is 5.10. The summed E-state index contributed by atoms with van der Waals surface area (Å²) >= 11 is 0. The Hall–Kier alpha value is -2.83. The Kier molecular flexibility index (Phi) is 4.73. The van der Waals surface area contributed by atoms with E-state index in [0.717, 1.165) is 52.8 Å². The molecule has 2 aliphatic heterocycles. The standard InChI is InChI=1S/C23H24N2O4/c1-15-9-18(10-16(2)23(15)29-14-21-13-28-21)25-8-7-22(24-25)17-3-5-19(6-4-17)26-11-20-12-27-20/h3-10,20-21H,11-14H2,1-2H3. The molecule has 2 fully saturated rings. The predicted molar refractivity (Wildman–Crippen MR) is 109 cm³/mol. The molecule has 6 heteroatoms. The lowest BCUT2D eigenvalue weighted by molar-refractivity contribution is 0.260. The molecule has 2 saturated heterocycles. The summed E-state index contributed by atoms with van der Waals surface area (Å²) in [5.41, 5.74) is 5.18. The third-order valence-corrected chi connectivity index (χ3v) is 5.10. The van der Waals surface area contributed by atoms with Crippen molar-refractivity contribution in [2.75, 3.05) is 26.4 Å². The molecule has 2 atom stereocenters. The summed E-state index contributed by atoms with van der Waals surface area (Å²) in [6, 6.07) is 14.2. The lowest BCUT2D eigenvalue weighted by atomic mass is 10.1. The van der Waals surface area contributed by atoms with E-state index in [-0.39, 0.29) is 12.2 Å². The molecule has 0 radical (unpaired) electrons. The van der Waals surface area contributed by atoms with E-state index in [1.807, 2.05) is 41.2 Å². The van der Waals surface area contributed by atoms with Gasteiger partial charge in [-0.15, -0.1) is 0 Å². The largest absolute Gasteiger partial charge is 0.491 e. The molecule has 0 N–H and O–H groups in total. The van der Waals surface area contributed by atoms with Crippen LogP contribution in [0.4, 0.5) is 0 Å². The van der Waals surface area contributed by atoms with Gasteiger partial charge >= 0.3 is 0 Å². The van der Waals surface area contributed by atoms with Crippen molar-refractivity contribution in [1.82, 2.24) is 9.78 Å². The summed E-state index contributed by atoms with van der Waals surface area (Å²) in [4.78, 5) is 0. The van der Waals surface area contributed by atoms with Crippen molar-refractivity contribution in [3.05, 3.63) is 59.8 Å². The van der Waals surface area contributed by atoms with E-state index >= 15 is 0 Å². The van der Waals surface area contributed by atoms with Crippen LogP contribution < -0.4 is 9.47 Å². The lowest BCUT2D eigenvalue weighted by Gasteiger charge is -2.13. The van der Waals surface area contributed by atoms with Crippen LogP contribution in [0, 0.1) is 13.8 Å². The summed E-state index contributed by atoms with van der Waals surface area (Å²) in [6.07, 6.45) is 2.49. The maximum atomic E-state index is 5.93. The van der Waals surface area contributed by atoms with Gasteiger partial charge in [0.15, 0.2) is 0 Å². The minimum absolute atomic E-state index is 0.251. The van der Waals surface area contributed by atoms with Crippen LogP contribution >= 0.6 is 0 Å². The number of rotatable bonds is 8. The highest BCUT2D eigenvalue weighted by atomic mass is 16.6. The zero-order chi connectivity index (χ0) is 19.8. The topological polar surface area (TPSA) is 61.3 Å². The van der Waals surface area contributed by atoms with E-state index in [0.29, 0.717) is 13.2 Å². The van der Waals surface area contributed by atoms with Crippen LogP contribution in [0.5, 0.6) is 11.5 Å². The highest BCUT2D eigenvalue weighted by Crippen LogP contribution is 2.28. The van der Waals surface area contributed by atoms with Crippen molar-refractivity contribution in [2.45, 2.75) is 26.1 Å². The second kappa shape index (κ2) is 7.54. The first-order valence-electron chi connectivity index (χ1n) is 9.92. The molecule has 150 valence electrons. The van der Waals surface area contributed by atoms with E-state index in [1.54, 1.807) is 0 Å². The minimum atomic E-state index is 0.251. The van der Waals surface area contributed by atoms with Crippen molar-refractivity contribution >= 4 is 0 Å². The molecular formula is C23H24N2O4. The van der Waals surface area contributed by atoms with Gasteiger partial charge in [-0.3, -0.25) is 0 Å². The maximum Gasteiger partial charge on any atom is 0.125 e. The molecular weight excluding hydrogens is 368 g/mol. The fourth-order valence-corrected chi connectivity index (χ4v) is 3.32. The number of benzene rings is 2. The van der Waals surface area contributed by atoms with Crippen molar-refractivity contribution < 1.29 is 18.9 Å². The zero-order valence-corrected chi connectivity index (χ0v) is 16.6. The molecule has 0 spiro atoms. The number of hydrogen-bond donors (Lipinski definition) is 0. The van der Waals surface area contributed by atoms with Gasteiger partial charge in [-0.05, 0) is 67.4 Å². The van der Waals surface area contributed by atoms with Gasteiger partial charge in [0.05, 0.1) is 24.6 Å². The molecule has 2 aromatic carbocycles. The Labute approximate surface area is 170 Å². The number of epoxide rings is 2. The second-order valence-corrected chi connectivity index (χ2v) is 7.61. The SMILES string of the molecule is Cc1cc(-n2ccc(-c3ccc(OCC4CO4)cc3)n2)cc(C)c1OCC1CO1. The molecule has 0 bridgehead atoms. The summed E-state index contributed by atoms with van der Waals surface area (Å²) in [7, 11) is 0. The van der Waals surface area contributed by atoms with E-state index in [1.165, 1.54) is 0 Å². The number of aromatic nitrogens is 2. The molecule has 3 aromatic rings. The smallest absolute Gasteiger partial charge is 0.125 e. The van der Waals surface area contributed by atoms with Gasteiger partial charge in [0.1, 0.15) is 36.9 Å². The summed E-state index contributed by atoms with van der Waals surface area (Å²) in [6.45, 7) is 6.95. The molecule has 5 rings (SSSR count). The van der Waals surface area contributed by atoms with Gasteiger partial charge in [0.25, 0.3) is 0 Å². The van der Waals surface area contributed by atoms with Gasteiger partial charge in [-0.1, -0.05) is 0 Å². The van der Waals surface area contributed by atoms with E-state index in [4.69, 9.17) is 24.0 Å². The molecule has 0 amide bonds. The van der Waals surface area contributed by atoms with Crippen LogP contribution in [0.15, 0.2) is 48.7 Å². The van der Waals surface area contributed by atoms with Crippen LogP contribution in [0.25, 0.3) is 16.9 Å². The molecule has 6 nitrogen and oxygen atoms in total. The Morgan fingerprint density at radius 1 is 0.931 bits per heavy atom. The number of ether oxygens (including phenoxy) is 4. The molecule has 0 aliphatic carbocycles. The van der Waals surface area contributed by atoms with Crippen LogP contribution in [-0.4, -0.2) is 48.4 Å². The van der Waals surface area contributed by atoms with Gasteiger partial charge in [0, 0.05) is 11.8 Å². The Bertz CT molecular complexity index is 981. The van der Waals surface area contributed by atoms with Gasteiger partial charge in [0.2, 0.25) is 0 Å². The monoisotopic (exact) mass is 392 g/mol. The summed E-state index contributed by atoms with van der Waals surface area (Å²) in [5.74, 6) is 1.78. The van der Waals surface area contributed by atoms with Crippen LogP contribution in [0.2, 0.25) is 0 Å². The summed E-state index contributed by atoms with van der Waals surface area (Å²) < 4.78 is 23.9. The van der Waals surface area contributed by atoms with Gasteiger partial charge in [-0.25, -0.2) is 4.68 Å². The maximum absolute atomic E-state index is 5.93. The molecule has 3 heterocycles. The van der Waals surface area contributed by atoms with E-state index < -0.39 is 0 Å². The van der Waals surface area contributed by atoms with Gasteiger partial charge < -0.3 is 18.9 Å². The molecule has 29 heavy (non-hydrogen) atoms. The van der Waals surface area contributed by atoms with E-state index in [2.05, 4.69) is 26.0 Å². The van der Waals surface area contributed by atoms with Crippen molar-refractivity contribution in [3.63, 3.8) is 0 Å². The third kappa shape index (κ3) is 4.28. The lowest BCUT2D eigenvalue weighted by Crippen LogP contribution is -2.07. The van der Waals surface area contributed by atoms with E-state index in [9.17, 15) is 0 Å². The first-order chi connectivity index (χ1) is 14.2. The highest BCUT2D eigenvalue weighted by Gasteiger charge is 2.24. The Morgan fingerprint density at radius 2 is 1.55 bits per heavy atom. The van der Waals surface area contributed by atoms with Crippen LogP contribution in [-0.2, 0) is 9.47 Å². The normalized spacial score (nSPS) is 19.8. The van der Waals surface area contributed by atoms with Gasteiger partial charge in [-0.2, -0.15) is 5.10 Å².